The third-order valence-electron chi connectivity index (χ3n) is 4.15. The normalized spacial score (nSPS) is 30.4. The van der Waals surface area contributed by atoms with Crippen LogP contribution in [0.5, 0.6) is 0 Å². The number of nitrogens with one attached hydrogen (secondary N) is 1. The monoisotopic (exact) mass is 290 g/mol. The van der Waals surface area contributed by atoms with Crippen molar-refractivity contribution in [3.8, 4) is 0 Å². The molecule has 0 aromatic heterocycles. The van der Waals surface area contributed by atoms with Gasteiger partial charge in [-0.2, -0.15) is 0 Å². The average molecular weight is 291 g/mol. The summed E-state index contributed by atoms with van der Waals surface area (Å²) in [7, 11) is 0. The van der Waals surface area contributed by atoms with Gasteiger partial charge >= 0.3 is 0 Å². The number of hydrogen-bond donors (Lipinski definition) is 1. The maximum Gasteiger partial charge on any atom is 0.228 e. The molecule has 4 atom stereocenters. The summed E-state index contributed by atoms with van der Waals surface area (Å²) in [6.07, 6.45) is 4.55. The van der Waals surface area contributed by atoms with Crippen molar-refractivity contribution < 1.29 is 14.7 Å². The van der Waals surface area contributed by atoms with E-state index in [9.17, 15) is 14.7 Å². The summed E-state index contributed by atoms with van der Waals surface area (Å²) in [6.45, 7) is 0. The molecule has 4 nitrogen and oxygen atoms in total. The minimum absolute atomic E-state index is 0.00444. The van der Waals surface area contributed by atoms with Gasteiger partial charge in [0.15, 0.2) is 0 Å². The number of anilines is 1. The highest BCUT2D eigenvalue weighted by Crippen LogP contribution is 2.48. The Morgan fingerprint density at radius 2 is 1.70 bits per heavy atom. The molecule has 1 aromatic rings. The van der Waals surface area contributed by atoms with Gasteiger partial charge in [0.05, 0.1) is 5.92 Å². The fourth-order valence-corrected chi connectivity index (χ4v) is 3.39. The Bertz CT molecular complexity index is 581. The van der Waals surface area contributed by atoms with Gasteiger partial charge < -0.3 is 15.2 Å². The minimum Gasteiger partial charge on any atom is -0.550 e. The molecule has 0 heterocycles. The van der Waals surface area contributed by atoms with Crippen LogP contribution in [0.2, 0.25) is 5.02 Å². The molecule has 1 aromatic carbocycles. The number of carbonyl (C=O) groups is 2. The second-order valence-electron chi connectivity index (χ2n) is 5.32. The Labute approximate surface area is 121 Å². The van der Waals surface area contributed by atoms with E-state index in [2.05, 4.69) is 5.32 Å². The molecule has 2 aliphatic rings. The molecule has 1 amide bonds. The molecule has 3 rings (SSSR count). The van der Waals surface area contributed by atoms with E-state index in [1.807, 2.05) is 12.2 Å². The van der Waals surface area contributed by atoms with E-state index in [4.69, 9.17) is 11.6 Å². The Kier molecular flexibility index (Phi) is 3.26. The van der Waals surface area contributed by atoms with E-state index >= 15 is 0 Å². The number of halogens is 1. The van der Waals surface area contributed by atoms with Gasteiger partial charge in [-0.15, -0.1) is 0 Å². The topological polar surface area (TPSA) is 69.2 Å². The zero-order valence-electron chi connectivity index (χ0n) is 10.6. The zero-order valence-corrected chi connectivity index (χ0v) is 11.3. The molecule has 0 spiro atoms. The molecule has 104 valence electrons. The number of benzene rings is 1. The van der Waals surface area contributed by atoms with Crippen LogP contribution in [0.1, 0.15) is 6.42 Å². The largest absolute Gasteiger partial charge is 0.550 e. The molecule has 1 saturated carbocycles. The summed E-state index contributed by atoms with van der Waals surface area (Å²) in [5.41, 5.74) is 0.614. The number of carbonyl (C=O) groups excluding carboxylic acids is 2. The van der Waals surface area contributed by atoms with E-state index in [-0.39, 0.29) is 17.7 Å². The number of hydrogen-bond acceptors (Lipinski definition) is 3. The number of carboxylic acids is 1. The van der Waals surface area contributed by atoms with E-state index < -0.39 is 17.8 Å². The lowest BCUT2D eigenvalue weighted by Crippen LogP contribution is -2.42. The summed E-state index contributed by atoms with van der Waals surface area (Å²) < 4.78 is 0. The number of aliphatic carboxylic acids is 1. The lowest BCUT2D eigenvalue weighted by atomic mass is 9.82. The molecule has 2 bridgehead atoms. The summed E-state index contributed by atoms with van der Waals surface area (Å²) in [5, 5.41) is 14.6. The summed E-state index contributed by atoms with van der Waals surface area (Å²) in [5.74, 6) is -2.76. The van der Waals surface area contributed by atoms with Crippen LogP contribution in [0.25, 0.3) is 0 Å². The maximum atomic E-state index is 12.3. The SMILES string of the molecule is O=C([O-])[C@@H]1[C@H](C(=O)Nc2ccc(Cl)cc2)[C@@H]2C=C[C@H]1C2. The number of allylic oxidation sites excluding steroid dienone is 2. The second-order valence-corrected chi connectivity index (χ2v) is 5.75. The molecule has 1 N–H and O–H groups in total. The smallest absolute Gasteiger partial charge is 0.228 e. The van der Waals surface area contributed by atoms with Crippen molar-refractivity contribution in [1.82, 2.24) is 0 Å². The molecule has 0 radical (unpaired) electrons. The first-order valence-corrected chi connectivity index (χ1v) is 6.89. The quantitative estimate of drug-likeness (QED) is 0.857. The lowest BCUT2D eigenvalue weighted by molar-refractivity contribution is -0.313. The van der Waals surface area contributed by atoms with E-state index in [0.29, 0.717) is 10.7 Å². The zero-order chi connectivity index (χ0) is 14.3. The van der Waals surface area contributed by atoms with Crippen molar-refractivity contribution in [3.63, 3.8) is 0 Å². The molecular formula is C15H13ClNO3-. The van der Waals surface area contributed by atoms with Crippen molar-refractivity contribution in [3.05, 3.63) is 41.4 Å². The standard InChI is InChI=1S/C15H14ClNO3/c16-10-3-5-11(6-4-10)17-14(18)12-8-1-2-9(7-8)13(12)15(19)20/h1-6,8-9,12-13H,7H2,(H,17,18)(H,19,20)/p-1/t8-,9+,12-,13+/m1/s1. The van der Waals surface area contributed by atoms with E-state index in [1.54, 1.807) is 24.3 Å². The molecule has 2 aliphatic carbocycles. The van der Waals surface area contributed by atoms with Gasteiger partial charge in [-0.05, 0) is 42.5 Å². The minimum atomic E-state index is -1.14. The van der Waals surface area contributed by atoms with Crippen molar-refractivity contribution in [2.75, 3.05) is 5.32 Å². The van der Waals surface area contributed by atoms with E-state index in [0.717, 1.165) is 6.42 Å². The maximum absolute atomic E-state index is 12.3. The van der Waals surface area contributed by atoms with Gasteiger partial charge in [-0.1, -0.05) is 23.8 Å². The van der Waals surface area contributed by atoms with Crippen molar-refractivity contribution in [2.24, 2.45) is 23.7 Å². The fourth-order valence-electron chi connectivity index (χ4n) is 3.26. The van der Waals surface area contributed by atoms with Crippen molar-refractivity contribution >= 4 is 29.2 Å². The Hall–Kier alpha value is -1.81. The summed E-state index contributed by atoms with van der Waals surface area (Å²) in [4.78, 5) is 23.6. The van der Waals surface area contributed by atoms with Gasteiger partial charge in [0.2, 0.25) is 5.91 Å². The first kappa shape index (κ1) is 13.2. The van der Waals surface area contributed by atoms with Crippen LogP contribution in [0.15, 0.2) is 36.4 Å². The molecule has 5 heteroatoms. The van der Waals surface area contributed by atoms with Crippen molar-refractivity contribution in [2.45, 2.75) is 6.42 Å². The Morgan fingerprint density at radius 1 is 1.10 bits per heavy atom. The number of fused-ring (bicyclic) bond motifs is 2. The van der Waals surface area contributed by atoms with Crippen LogP contribution in [0.4, 0.5) is 5.69 Å². The third kappa shape index (κ3) is 2.20. The molecule has 0 aliphatic heterocycles. The van der Waals surface area contributed by atoms with Gasteiger partial charge in [0, 0.05) is 22.6 Å². The fraction of sp³-hybridized carbons (Fsp3) is 0.333. The first-order chi connectivity index (χ1) is 9.56. The molecule has 0 saturated heterocycles. The van der Waals surface area contributed by atoms with Gasteiger partial charge in [0.25, 0.3) is 0 Å². The van der Waals surface area contributed by atoms with Gasteiger partial charge in [0.1, 0.15) is 0 Å². The molecule has 1 fully saturated rings. The highest BCUT2D eigenvalue weighted by Gasteiger charge is 2.48. The van der Waals surface area contributed by atoms with Crippen LogP contribution in [0, 0.1) is 23.7 Å². The van der Waals surface area contributed by atoms with Crippen LogP contribution < -0.4 is 10.4 Å². The predicted molar refractivity (Wildman–Crippen MR) is 72.8 cm³/mol. The molecule has 20 heavy (non-hydrogen) atoms. The predicted octanol–water partition coefficient (Wildman–Crippen LogP) is 1.47. The van der Waals surface area contributed by atoms with Crippen LogP contribution in [0.3, 0.4) is 0 Å². The molecular weight excluding hydrogens is 278 g/mol. The van der Waals surface area contributed by atoms with Crippen LogP contribution in [-0.2, 0) is 9.59 Å². The first-order valence-electron chi connectivity index (χ1n) is 6.52. The summed E-state index contributed by atoms with van der Waals surface area (Å²) >= 11 is 5.78. The Balaban J connectivity index is 1.78. The van der Waals surface area contributed by atoms with Gasteiger partial charge in [-0.3, -0.25) is 4.79 Å². The van der Waals surface area contributed by atoms with E-state index in [1.165, 1.54) is 0 Å². The van der Waals surface area contributed by atoms with Crippen LogP contribution >= 0.6 is 11.6 Å². The molecule has 0 unspecified atom stereocenters. The second kappa shape index (κ2) is 4.94. The number of rotatable bonds is 3. The lowest BCUT2D eigenvalue weighted by Gasteiger charge is -2.27. The highest BCUT2D eigenvalue weighted by molar-refractivity contribution is 6.30. The van der Waals surface area contributed by atoms with Crippen LogP contribution in [-0.4, -0.2) is 11.9 Å². The highest BCUT2D eigenvalue weighted by atomic mass is 35.5. The number of amides is 1. The number of carboxylic acid groups (broad SMARTS) is 1. The third-order valence-corrected chi connectivity index (χ3v) is 4.40. The van der Waals surface area contributed by atoms with Gasteiger partial charge in [-0.25, -0.2) is 0 Å². The Morgan fingerprint density at radius 3 is 2.30 bits per heavy atom. The summed E-state index contributed by atoms with van der Waals surface area (Å²) in [6, 6.07) is 6.73. The van der Waals surface area contributed by atoms with Crippen molar-refractivity contribution in [1.29, 1.82) is 0 Å². The average Bonchev–Trinajstić information content (AvgIpc) is 3.01.